The molecule has 0 aliphatic carbocycles. The second-order valence-corrected chi connectivity index (χ2v) is 10.3. The minimum Gasteiger partial charge on any atom is -0.489 e. The zero-order valence-electron chi connectivity index (χ0n) is 19.8. The number of likely N-dealkylation sites (N-methyl/N-ethyl adjacent to an activating group) is 1. The van der Waals surface area contributed by atoms with Crippen molar-refractivity contribution in [3.63, 3.8) is 0 Å². The van der Waals surface area contributed by atoms with Crippen molar-refractivity contribution in [2.75, 3.05) is 20.1 Å². The summed E-state index contributed by atoms with van der Waals surface area (Å²) in [6.45, 7) is 1.62. The Labute approximate surface area is 206 Å². The summed E-state index contributed by atoms with van der Waals surface area (Å²) in [7, 11) is -2.54. The van der Waals surface area contributed by atoms with Crippen LogP contribution in [0, 0.1) is 6.92 Å². The maximum absolute atomic E-state index is 12.9. The van der Waals surface area contributed by atoms with Crippen LogP contribution in [0.3, 0.4) is 0 Å². The summed E-state index contributed by atoms with van der Waals surface area (Å²) < 4.78 is 32.4. The third-order valence-corrected chi connectivity index (χ3v) is 7.15. The largest absolute Gasteiger partial charge is 0.489 e. The number of aryl methyl sites for hydroxylation is 1. The lowest BCUT2D eigenvalue weighted by atomic mass is 10.2. The Morgan fingerprint density at radius 2 is 1.49 bits per heavy atom. The predicted octanol–water partition coefficient (Wildman–Crippen LogP) is 2.71. The Balaban J connectivity index is 1.65. The molecule has 0 bridgehead atoms. The van der Waals surface area contributed by atoms with Crippen molar-refractivity contribution in [2.24, 2.45) is 5.73 Å². The highest BCUT2D eigenvalue weighted by Crippen LogP contribution is 2.17. The van der Waals surface area contributed by atoms with Crippen LogP contribution in [0.15, 0.2) is 83.8 Å². The Hall–Kier alpha value is -3.69. The molecule has 3 aromatic rings. The van der Waals surface area contributed by atoms with Gasteiger partial charge in [-0.25, -0.2) is 8.42 Å². The van der Waals surface area contributed by atoms with Crippen LogP contribution in [0.2, 0.25) is 0 Å². The van der Waals surface area contributed by atoms with Crippen molar-refractivity contribution >= 4 is 21.8 Å². The fraction of sp³-hybridized carbons (Fsp3) is 0.231. The number of ether oxygens (including phenoxy) is 1. The molecule has 0 saturated carbocycles. The van der Waals surface area contributed by atoms with E-state index in [1.54, 1.807) is 36.4 Å². The molecule has 9 heteroatoms. The van der Waals surface area contributed by atoms with Gasteiger partial charge in [0.05, 0.1) is 18.0 Å². The fourth-order valence-electron chi connectivity index (χ4n) is 3.34. The number of nitrogens with two attached hydrogens (primary N) is 1. The molecule has 3 rings (SSSR count). The lowest BCUT2D eigenvalue weighted by Crippen LogP contribution is -2.44. The molecule has 0 aromatic heterocycles. The second kappa shape index (κ2) is 11.6. The van der Waals surface area contributed by atoms with Crippen LogP contribution in [0.1, 0.15) is 16.7 Å². The molecule has 0 aliphatic rings. The molecule has 0 unspecified atom stereocenters. The van der Waals surface area contributed by atoms with E-state index < -0.39 is 28.4 Å². The van der Waals surface area contributed by atoms with Crippen molar-refractivity contribution in [1.29, 1.82) is 0 Å². The van der Waals surface area contributed by atoms with E-state index in [0.29, 0.717) is 12.4 Å². The minimum atomic E-state index is -3.87. The number of benzene rings is 3. The molecule has 0 atom stereocenters. The Morgan fingerprint density at radius 3 is 2.09 bits per heavy atom. The lowest BCUT2D eigenvalue weighted by molar-refractivity contribution is -0.135. The number of rotatable bonds is 11. The first kappa shape index (κ1) is 25.9. The maximum atomic E-state index is 12.9. The number of carbonyl (C=O) groups excluding carboxylic acids is 2. The topological polar surface area (TPSA) is 110 Å². The van der Waals surface area contributed by atoms with Gasteiger partial charge in [-0.2, -0.15) is 4.31 Å². The third-order valence-electron chi connectivity index (χ3n) is 5.33. The van der Waals surface area contributed by atoms with Gasteiger partial charge in [0, 0.05) is 13.6 Å². The third kappa shape index (κ3) is 7.40. The molecular formula is C26H29N3O5S. The van der Waals surface area contributed by atoms with Crippen molar-refractivity contribution in [2.45, 2.75) is 25.0 Å². The monoisotopic (exact) mass is 495 g/mol. The Morgan fingerprint density at radius 1 is 0.857 bits per heavy atom. The Kier molecular flexibility index (Phi) is 8.62. The highest BCUT2D eigenvalue weighted by Gasteiger charge is 2.26. The highest BCUT2D eigenvalue weighted by molar-refractivity contribution is 7.89. The summed E-state index contributed by atoms with van der Waals surface area (Å²) in [6, 6.07) is 23.3. The summed E-state index contributed by atoms with van der Waals surface area (Å²) in [5.41, 5.74) is 8.05. The average molecular weight is 496 g/mol. The van der Waals surface area contributed by atoms with Crippen LogP contribution in [0.5, 0.6) is 5.75 Å². The zero-order chi connectivity index (χ0) is 25.4. The first-order valence-electron chi connectivity index (χ1n) is 11.0. The van der Waals surface area contributed by atoms with Crippen molar-refractivity contribution in [3.05, 3.63) is 95.6 Å². The summed E-state index contributed by atoms with van der Waals surface area (Å²) >= 11 is 0. The standard InChI is InChI=1S/C26H29N3O5S/c1-20-8-14-24(15-9-20)35(32,33)28(2)18-26(31)29(17-25(27)30)16-21-10-12-23(13-11-21)34-19-22-6-4-3-5-7-22/h3-15H,16-19H2,1-2H3,(H2,27,30). The average Bonchev–Trinajstić information content (AvgIpc) is 2.83. The lowest BCUT2D eigenvalue weighted by Gasteiger charge is -2.24. The molecule has 35 heavy (non-hydrogen) atoms. The van der Waals surface area contributed by atoms with Crippen LogP contribution >= 0.6 is 0 Å². The van der Waals surface area contributed by atoms with E-state index in [0.717, 1.165) is 21.0 Å². The summed E-state index contributed by atoms with van der Waals surface area (Å²) in [5, 5.41) is 0. The number of hydrogen-bond acceptors (Lipinski definition) is 5. The molecule has 2 amide bonds. The number of primary amides is 1. The molecule has 0 radical (unpaired) electrons. The fourth-order valence-corrected chi connectivity index (χ4v) is 4.46. The maximum Gasteiger partial charge on any atom is 0.243 e. The first-order valence-corrected chi connectivity index (χ1v) is 12.4. The molecular weight excluding hydrogens is 466 g/mol. The molecule has 0 fully saturated rings. The SMILES string of the molecule is Cc1ccc(S(=O)(=O)N(C)CC(=O)N(CC(N)=O)Cc2ccc(OCc3ccccc3)cc2)cc1. The van der Waals surface area contributed by atoms with Gasteiger partial charge in [0.2, 0.25) is 21.8 Å². The molecule has 0 aliphatic heterocycles. The minimum absolute atomic E-state index is 0.0888. The van der Waals surface area contributed by atoms with Gasteiger partial charge in [0.15, 0.2) is 0 Å². The number of hydrogen-bond donors (Lipinski definition) is 1. The van der Waals surface area contributed by atoms with Gasteiger partial charge in [-0.15, -0.1) is 0 Å². The van der Waals surface area contributed by atoms with Gasteiger partial charge in [-0.05, 0) is 42.3 Å². The van der Waals surface area contributed by atoms with E-state index in [-0.39, 0.29) is 18.0 Å². The molecule has 8 nitrogen and oxygen atoms in total. The molecule has 0 saturated heterocycles. The van der Waals surface area contributed by atoms with E-state index in [1.165, 1.54) is 24.1 Å². The molecule has 2 N–H and O–H groups in total. The zero-order valence-corrected chi connectivity index (χ0v) is 20.6. The number of nitrogens with zero attached hydrogens (tertiary/aromatic N) is 2. The van der Waals surface area contributed by atoms with Crippen LogP contribution in [-0.4, -0.2) is 49.6 Å². The van der Waals surface area contributed by atoms with Crippen LogP contribution < -0.4 is 10.5 Å². The first-order chi connectivity index (χ1) is 16.6. The van der Waals surface area contributed by atoms with Crippen molar-refractivity contribution in [1.82, 2.24) is 9.21 Å². The van der Waals surface area contributed by atoms with Gasteiger partial charge >= 0.3 is 0 Å². The molecule has 184 valence electrons. The van der Waals surface area contributed by atoms with E-state index in [4.69, 9.17) is 10.5 Å². The van der Waals surface area contributed by atoms with Gasteiger partial charge in [0.25, 0.3) is 0 Å². The van der Waals surface area contributed by atoms with E-state index >= 15 is 0 Å². The second-order valence-electron chi connectivity index (χ2n) is 8.21. The molecule has 0 spiro atoms. The van der Waals surface area contributed by atoms with Crippen LogP contribution in [0.25, 0.3) is 0 Å². The van der Waals surface area contributed by atoms with E-state index in [1.807, 2.05) is 37.3 Å². The molecule has 0 heterocycles. The highest BCUT2D eigenvalue weighted by atomic mass is 32.2. The number of carbonyl (C=O) groups is 2. The van der Waals surface area contributed by atoms with Crippen LogP contribution in [0.4, 0.5) is 0 Å². The van der Waals surface area contributed by atoms with Gasteiger partial charge in [-0.3, -0.25) is 9.59 Å². The van der Waals surface area contributed by atoms with Gasteiger partial charge in [0.1, 0.15) is 12.4 Å². The normalized spacial score (nSPS) is 11.3. The Bertz CT molecular complexity index is 1240. The quantitative estimate of drug-likeness (QED) is 0.440. The summed E-state index contributed by atoms with van der Waals surface area (Å²) in [4.78, 5) is 25.9. The predicted molar refractivity (Wildman–Crippen MR) is 133 cm³/mol. The van der Waals surface area contributed by atoms with Crippen molar-refractivity contribution in [3.8, 4) is 5.75 Å². The van der Waals surface area contributed by atoms with Crippen LogP contribution in [-0.2, 0) is 32.8 Å². The van der Waals surface area contributed by atoms with Gasteiger partial charge in [-0.1, -0.05) is 60.2 Å². The number of amides is 2. The summed E-state index contributed by atoms with van der Waals surface area (Å²) in [6.07, 6.45) is 0. The van der Waals surface area contributed by atoms with E-state index in [9.17, 15) is 18.0 Å². The smallest absolute Gasteiger partial charge is 0.243 e. The van der Waals surface area contributed by atoms with Gasteiger partial charge < -0.3 is 15.4 Å². The van der Waals surface area contributed by atoms with E-state index in [2.05, 4.69) is 0 Å². The summed E-state index contributed by atoms with van der Waals surface area (Å²) in [5.74, 6) is -0.564. The van der Waals surface area contributed by atoms with Crippen molar-refractivity contribution < 1.29 is 22.7 Å². The number of sulfonamides is 1. The molecule has 3 aromatic carbocycles.